The molecule has 25 heavy (non-hydrogen) atoms. The molecule has 2 N–H and O–H groups in total. The van der Waals surface area contributed by atoms with E-state index < -0.39 is 0 Å². The van der Waals surface area contributed by atoms with Crippen LogP contribution in [0.1, 0.15) is 34.5 Å². The topological polar surface area (TPSA) is 67.4 Å². The maximum Gasteiger partial charge on any atom is 0.255 e. The molecule has 1 aliphatic carbocycles. The normalized spacial score (nSPS) is 18.3. The zero-order valence-electron chi connectivity index (χ0n) is 14.4. The summed E-state index contributed by atoms with van der Waals surface area (Å²) in [5.74, 6) is 0.300. The Morgan fingerprint density at radius 3 is 2.64 bits per heavy atom. The standard InChI is InChI=1S/C20H22N2O3/c1-13-11-14-7-3-4-8-15(14)19(13)22-18(23)12-21-20(24)16-9-5-6-10-17(16)25-2/h3-10,13,19H,11-12H2,1-2H3,(H,21,24)(H,22,23). The number of ether oxygens (including phenoxy) is 1. The number of rotatable bonds is 5. The van der Waals surface area contributed by atoms with Gasteiger partial charge in [0.2, 0.25) is 5.91 Å². The fourth-order valence-corrected chi connectivity index (χ4v) is 3.33. The largest absolute Gasteiger partial charge is 0.496 e. The second kappa shape index (κ2) is 7.38. The van der Waals surface area contributed by atoms with E-state index in [1.165, 1.54) is 18.2 Å². The molecule has 0 saturated carbocycles. The van der Waals surface area contributed by atoms with E-state index in [1.807, 2.05) is 12.1 Å². The van der Waals surface area contributed by atoms with Crippen LogP contribution >= 0.6 is 0 Å². The Bertz CT molecular complexity index is 788. The zero-order valence-corrected chi connectivity index (χ0v) is 14.4. The average molecular weight is 338 g/mol. The number of amides is 2. The molecule has 0 aromatic heterocycles. The molecule has 0 spiro atoms. The van der Waals surface area contributed by atoms with Gasteiger partial charge in [0.05, 0.1) is 25.3 Å². The summed E-state index contributed by atoms with van der Waals surface area (Å²) >= 11 is 0. The average Bonchev–Trinajstić information content (AvgIpc) is 2.95. The highest BCUT2D eigenvalue weighted by molar-refractivity contribution is 5.98. The predicted molar refractivity (Wildman–Crippen MR) is 95.5 cm³/mol. The van der Waals surface area contributed by atoms with Crippen LogP contribution in [0.2, 0.25) is 0 Å². The van der Waals surface area contributed by atoms with E-state index in [2.05, 4.69) is 29.7 Å². The van der Waals surface area contributed by atoms with Crippen LogP contribution in [-0.4, -0.2) is 25.5 Å². The van der Waals surface area contributed by atoms with E-state index in [0.717, 1.165) is 6.42 Å². The highest BCUT2D eigenvalue weighted by Crippen LogP contribution is 2.35. The maximum absolute atomic E-state index is 12.3. The number of carbonyl (C=O) groups is 2. The second-order valence-corrected chi connectivity index (χ2v) is 6.31. The molecule has 5 nitrogen and oxygen atoms in total. The minimum absolute atomic E-state index is 0.00753. The van der Waals surface area contributed by atoms with Crippen molar-refractivity contribution in [3.8, 4) is 5.75 Å². The summed E-state index contributed by atoms with van der Waals surface area (Å²) in [5, 5.41) is 5.69. The molecule has 0 aliphatic heterocycles. The quantitative estimate of drug-likeness (QED) is 0.880. The van der Waals surface area contributed by atoms with Crippen LogP contribution < -0.4 is 15.4 Å². The first kappa shape index (κ1) is 17.0. The summed E-state index contributed by atoms with van der Waals surface area (Å²) in [6.07, 6.45) is 0.953. The zero-order chi connectivity index (χ0) is 17.8. The molecular formula is C20H22N2O3. The van der Waals surface area contributed by atoms with E-state index in [-0.39, 0.29) is 24.4 Å². The van der Waals surface area contributed by atoms with Gasteiger partial charge in [-0.2, -0.15) is 0 Å². The van der Waals surface area contributed by atoms with Gasteiger partial charge in [0.15, 0.2) is 0 Å². The summed E-state index contributed by atoms with van der Waals surface area (Å²) in [6, 6.07) is 15.1. The number of fused-ring (bicyclic) bond motifs is 1. The lowest BCUT2D eigenvalue weighted by atomic mass is 10.0. The Kier molecular flexibility index (Phi) is 5.03. The van der Waals surface area contributed by atoms with Crippen LogP contribution in [0.3, 0.4) is 0 Å². The van der Waals surface area contributed by atoms with Gasteiger partial charge in [-0.3, -0.25) is 9.59 Å². The first-order valence-corrected chi connectivity index (χ1v) is 8.38. The number of hydrogen-bond donors (Lipinski definition) is 2. The molecule has 1 aliphatic rings. The van der Waals surface area contributed by atoms with Crippen molar-refractivity contribution in [2.45, 2.75) is 19.4 Å². The van der Waals surface area contributed by atoms with Gasteiger partial charge in [-0.25, -0.2) is 0 Å². The lowest BCUT2D eigenvalue weighted by Crippen LogP contribution is -2.39. The summed E-state index contributed by atoms with van der Waals surface area (Å²) in [5.41, 5.74) is 2.86. The lowest BCUT2D eigenvalue weighted by Gasteiger charge is -2.19. The van der Waals surface area contributed by atoms with Gasteiger partial charge >= 0.3 is 0 Å². The monoisotopic (exact) mass is 338 g/mol. The van der Waals surface area contributed by atoms with Crippen molar-refractivity contribution in [3.63, 3.8) is 0 Å². The molecule has 0 bridgehead atoms. The molecule has 2 aromatic carbocycles. The van der Waals surface area contributed by atoms with E-state index in [9.17, 15) is 9.59 Å². The van der Waals surface area contributed by atoms with Crippen molar-refractivity contribution in [3.05, 3.63) is 65.2 Å². The third kappa shape index (κ3) is 3.65. The SMILES string of the molecule is COc1ccccc1C(=O)NCC(=O)NC1c2ccccc2CC1C. The predicted octanol–water partition coefficient (Wildman–Crippen LogP) is 2.47. The number of para-hydroxylation sites is 1. The summed E-state index contributed by atoms with van der Waals surface area (Å²) in [7, 11) is 1.51. The minimum atomic E-state index is -0.326. The molecule has 2 atom stereocenters. The van der Waals surface area contributed by atoms with Gasteiger partial charge in [-0.1, -0.05) is 43.3 Å². The van der Waals surface area contributed by atoms with Crippen molar-refractivity contribution < 1.29 is 14.3 Å². The molecule has 0 heterocycles. The van der Waals surface area contributed by atoms with Gasteiger partial charge < -0.3 is 15.4 Å². The minimum Gasteiger partial charge on any atom is -0.496 e. The Morgan fingerprint density at radius 1 is 1.12 bits per heavy atom. The summed E-state index contributed by atoms with van der Waals surface area (Å²) in [6.45, 7) is 2.06. The van der Waals surface area contributed by atoms with E-state index in [0.29, 0.717) is 17.2 Å². The first-order valence-electron chi connectivity index (χ1n) is 8.38. The van der Waals surface area contributed by atoms with Crippen molar-refractivity contribution in [1.82, 2.24) is 10.6 Å². The van der Waals surface area contributed by atoms with Crippen molar-refractivity contribution in [2.75, 3.05) is 13.7 Å². The molecule has 130 valence electrons. The molecule has 2 unspecified atom stereocenters. The van der Waals surface area contributed by atoms with E-state index in [1.54, 1.807) is 24.3 Å². The van der Waals surface area contributed by atoms with Gasteiger partial charge in [0, 0.05) is 0 Å². The third-order valence-corrected chi connectivity index (χ3v) is 4.58. The lowest BCUT2D eigenvalue weighted by molar-refractivity contribution is -0.121. The van der Waals surface area contributed by atoms with Crippen LogP contribution in [-0.2, 0) is 11.2 Å². The molecule has 3 rings (SSSR count). The highest BCUT2D eigenvalue weighted by atomic mass is 16.5. The van der Waals surface area contributed by atoms with Crippen molar-refractivity contribution in [2.24, 2.45) is 5.92 Å². The molecule has 0 radical (unpaired) electrons. The maximum atomic E-state index is 12.3. The molecule has 0 saturated heterocycles. The van der Waals surface area contributed by atoms with Crippen LogP contribution in [0.5, 0.6) is 5.75 Å². The van der Waals surface area contributed by atoms with Crippen LogP contribution in [0, 0.1) is 5.92 Å². The molecule has 2 aromatic rings. The van der Waals surface area contributed by atoms with Gasteiger partial charge in [-0.15, -0.1) is 0 Å². The summed E-state index contributed by atoms with van der Waals surface area (Å²) < 4.78 is 5.17. The van der Waals surface area contributed by atoms with E-state index in [4.69, 9.17) is 4.74 Å². The Hall–Kier alpha value is -2.82. The van der Waals surface area contributed by atoms with Crippen LogP contribution in [0.4, 0.5) is 0 Å². The van der Waals surface area contributed by atoms with Crippen LogP contribution in [0.15, 0.2) is 48.5 Å². The first-order chi connectivity index (χ1) is 12.1. The number of carbonyl (C=O) groups excluding carboxylic acids is 2. The Labute approximate surface area is 147 Å². The smallest absolute Gasteiger partial charge is 0.255 e. The second-order valence-electron chi connectivity index (χ2n) is 6.31. The number of benzene rings is 2. The number of nitrogens with one attached hydrogen (secondary N) is 2. The fraction of sp³-hybridized carbons (Fsp3) is 0.300. The third-order valence-electron chi connectivity index (χ3n) is 4.58. The van der Waals surface area contributed by atoms with Crippen LogP contribution in [0.25, 0.3) is 0 Å². The molecule has 2 amide bonds. The van der Waals surface area contributed by atoms with Crippen molar-refractivity contribution >= 4 is 11.8 Å². The van der Waals surface area contributed by atoms with Gasteiger partial charge in [-0.05, 0) is 35.6 Å². The summed E-state index contributed by atoms with van der Waals surface area (Å²) in [4.78, 5) is 24.5. The van der Waals surface area contributed by atoms with Crippen molar-refractivity contribution in [1.29, 1.82) is 0 Å². The number of hydrogen-bond acceptors (Lipinski definition) is 3. The van der Waals surface area contributed by atoms with Gasteiger partial charge in [0.25, 0.3) is 5.91 Å². The molecular weight excluding hydrogens is 316 g/mol. The molecule has 0 fully saturated rings. The fourth-order valence-electron chi connectivity index (χ4n) is 3.33. The molecule has 5 heteroatoms. The van der Waals surface area contributed by atoms with E-state index >= 15 is 0 Å². The van der Waals surface area contributed by atoms with Gasteiger partial charge in [0.1, 0.15) is 5.75 Å². The number of methoxy groups -OCH3 is 1. The highest BCUT2D eigenvalue weighted by Gasteiger charge is 2.30. The Balaban J connectivity index is 1.59. The Morgan fingerprint density at radius 2 is 1.84 bits per heavy atom.